The molecule has 4 nitrogen and oxygen atoms in total. The van der Waals surface area contributed by atoms with Crippen LogP contribution in [0.25, 0.3) is 83.0 Å². The van der Waals surface area contributed by atoms with Crippen molar-refractivity contribution in [3.63, 3.8) is 0 Å². The molecule has 20 heteroatoms. The van der Waals surface area contributed by atoms with Crippen LogP contribution in [0.15, 0.2) is 72.8 Å². The Balaban J connectivity index is 1.41. The summed E-state index contributed by atoms with van der Waals surface area (Å²) >= 11 is 0. The van der Waals surface area contributed by atoms with Crippen molar-refractivity contribution in [2.75, 3.05) is 0 Å². The molecule has 0 amide bonds. The first-order valence-electron chi connectivity index (χ1n) is 23.0. The van der Waals surface area contributed by atoms with Crippen molar-refractivity contribution >= 4 is 246 Å². The highest BCUT2D eigenvalue weighted by molar-refractivity contribution is 6.72. The minimum Gasteiger partial charge on any atom is -0.508 e. The average molecular weight is 820 g/mol. The second-order valence-electron chi connectivity index (χ2n) is 19.0. The maximum atomic E-state index is 11.9. The fourth-order valence-corrected chi connectivity index (χ4v) is 11.0. The molecule has 1 heterocycles. The number of nitrogens with zero attached hydrogens (tertiary/aromatic N) is 2. The molecule has 9 aromatic rings. The van der Waals surface area contributed by atoms with Crippen LogP contribution in [-0.2, 0) is 0 Å². The van der Waals surface area contributed by atoms with Crippen LogP contribution in [0.4, 0.5) is 0 Å². The molecule has 0 atom stereocenters. The van der Waals surface area contributed by atoms with Gasteiger partial charge in [0, 0.05) is 11.3 Å². The monoisotopic (exact) mass is 823 g/mol. The largest absolute Gasteiger partial charge is 0.508 e. The van der Waals surface area contributed by atoms with E-state index in [0.29, 0.717) is 5.56 Å². The summed E-state index contributed by atoms with van der Waals surface area (Å²) in [5, 5.41) is 28.7. The Kier molecular flexibility index (Phi) is 11.0. The third-order valence-electron chi connectivity index (χ3n) is 16.3. The first-order chi connectivity index (χ1) is 30.8. The van der Waals surface area contributed by atoms with Crippen molar-refractivity contribution in [3.05, 3.63) is 72.8 Å². The van der Waals surface area contributed by atoms with Gasteiger partial charge in [-0.3, -0.25) is 4.57 Å². The van der Waals surface area contributed by atoms with E-state index in [1.807, 2.05) is 29.6 Å². The van der Waals surface area contributed by atoms with Crippen molar-refractivity contribution < 1.29 is 10.2 Å². The van der Waals surface area contributed by atoms with Crippen LogP contribution in [0.1, 0.15) is 0 Å². The van der Waals surface area contributed by atoms with Crippen LogP contribution in [0.3, 0.4) is 0 Å². The van der Waals surface area contributed by atoms with Crippen LogP contribution in [0.5, 0.6) is 11.5 Å². The third-order valence-corrected chi connectivity index (χ3v) is 16.3. The van der Waals surface area contributed by atoms with E-state index < -0.39 is 0 Å². The average Bonchev–Trinajstić information content (AvgIpc) is 3.69. The first-order valence-corrected chi connectivity index (χ1v) is 23.0. The SMILES string of the molecule is Bc1c(B)c(B)c(-c2nc3ccccc3n2-c2ccc(-c3c4c(B)c(B)c(B)c(B)c4c(-c4ccccc4-c4c(O)c(B)c(B)c(B)c4O)c4c(B)c(B)c(B)c(B)c34)cc2)c(B)c1B. The number of benzene rings is 8. The molecular weight excluding hydrogens is 773 g/mol. The summed E-state index contributed by atoms with van der Waals surface area (Å²) in [4.78, 5) is 5.36. The summed E-state index contributed by atoms with van der Waals surface area (Å²) < 4.78 is 2.35. The van der Waals surface area contributed by atoms with Crippen molar-refractivity contribution in [1.82, 2.24) is 9.55 Å². The maximum Gasteiger partial charge on any atom is 0.144 e. The second kappa shape index (κ2) is 16.1. The van der Waals surface area contributed by atoms with Crippen LogP contribution < -0.4 is 87.4 Å². The molecule has 9 rings (SSSR count). The van der Waals surface area contributed by atoms with Crippen molar-refractivity contribution in [1.29, 1.82) is 0 Å². The summed E-state index contributed by atoms with van der Waals surface area (Å²) in [7, 11) is 35.2. The summed E-state index contributed by atoms with van der Waals surface area (Å²) in [5.41, 5.74) is 29.2. The Morgan fingerprint density at radius 3 is 1.18 bits per heavy atom. The zero-order valence-corrected chi connectivity index (χ0v) is 41.2. The number of rotatable bonds is 5. The van der Waals surface area contributed by atoms with Crippen LogP contribution in [0, 0.1) is 0 Å². The maximum absolute atomic E-state index is 11.9. The van der Waals surface area contributed by atoms with Gasteiger partial charge in [-0.2, -0.15) is 0 Å². The Morgan fingerprint density at radius 2 is 0.708 bits per heavy atom. The van der Waals surface area contributed by atoms with Crippen molar-refractivity contribution in [2.24, 2.45) is 0 Å². The molecule has 0 saturated carbocycles. The highest BCUT2D eigenvalue weighted by Gasteiger charge is 2.29. The lowest BCUT2D eigenvalue weighted by molar-refractivity contribution is 0.460. The molecule has 2 N–H and O–H groups in total. The molecule has 0 fully saturated rings. The number of imidazole rings is 1. The van der Waals surface area contributed by atoms with Gasteiger partial charge in [0.25, 0.3) is 0 Å². The predicted molar refractivity (Wildman–Crippen MR) is 332 cm³/mol. The highest BCUT2D eigenvalue weighted by atomic mass is 16.3. The fraction of sp³-hybridized carbons (Fsp3) is 0. The number of para-hydroxylation sites is 2. The standard InChI is InChI=1S/C45H46B16N2O2/c46-27-22-19(13-9-11-14(12-10-13)63-18-8-4-3-7-17(18)62-45(63)26-31(50)37(56)39(58)38(57)32(26)51)23-25(30(49)36(55)34(53)28(23)47)20(24(22)29(48)35(54)33(27)52)15-5-1-2-6-16(15)21-43(64)41(60)40(59)42(61)44(21)65/h1-12,64-65H,46-61H2. The van der Waals surface area contributed by atoms with Gasteiger partial charge in [-0.05, 0) is 73.6 Å². The Bertz CT molecular complexity index is 3450. The molecule has 0 aliphatic carbocycles. The Hall–Kier alpha value is -5.61. The van der Waals surface area contributed by atoms with E-state index in [1.54, 1.807) is 0 Å². The van der Waals surface area contributed by atoms with E-state index >= 15 is 0 Å². The van der Waals surface area contributed by atoms with E-state index in [0.717, 1.165) is 61.2 Å². The summed E-state index contributed by atoms with van der Waals surface area (Å²) in [6, 6.07) is 26.1. The quantitative estimate of drug-likeness (QED) is 0.134. The van der Waals surface area contributed by atoms with Gasteiger partial charge in [0.15, 0.2) is 0 Å². The molecule has 0 radical (unpaired) electrons. The van der Waals surface area contributed by atoms with Gasteiger partial charge in [0.1, 0.15) is 143 Å². The lowest BCUT2D eigenvalue weighted by Crippen LogP contribution is -2.55. The van der Waals surface area contributed by atoms with Crippen molar-refractivity contribution in [2.45, 2.75) is 0 Å². The van der Waals surface area contributed by atoms with Gasteiger partial charge in [-0.15, -0.1) is 38.2 Å². The molecule has 65 heavy (non-hydrogen) atoms. The summed E-state index contributed by atoms with van der Waals surface area (Å²) in [6.07, 6.45) is 0. The third kappa shape index (κ3) is 6.39. The number of fused-ring (bicyclic) bond motifs is 3. The van der Waals surface area contributed by atoms with Gasteiger partial charge in [0.05, 0.1) is 16.6 Å². The van der Waals surface area contributed by atoms with Crippen LogP contribution >= 0.6 is 0 Å². The van der Waals surface area contributed by atoms with Gasteiger partial charge in [-0.25, -0.2) is 4.98 Å². The lowest BCUT2D eigenvalue weighted by Gasteiger charge is -2.29. The molecule has 0 bridgehead atoms. The minimum absolute atomic E-state index is 0.120. The molecule has 1 aromatic heterocycles. The first kappa shape index (κ1) is 44.6. The second-order valence-corrected chi connectivity index (χ2v) is 19.0. The number of aromatic nitrogens is 2. The zero-order valence-electron chi connectivity index (χ0n) is 41.2. The predicted octanol–water partition coefficient (Wildman–Crippen LogP) is -16.5. The Morgan fingerprint density at radius 1 is 0.338 bits per heavy atom. The van der Waals surface area contributed by atoms with Gasteiger partial charge < -0.3 is 10.2 Å². The number of phenolic OH excluding ortho intramolecular Hbond substituents is 2. The molecule has 0 spiro atoms. The summed E-state index contributed by atoms with van der Waals surface area (Å²) in [5.74, 6) is 1.20. The normalized spacial score (nSPS) is 11.6. The topological polar surface area (TPSA) is 58.3 Å². The fourth-order valence-electron chi connectivity index (χ4n) is 11.0. The Labute approximate surface area is 397 Å². The van der Waals surface area contributed by atoms with E-state index in [1.165, 1.54) is 104 Å². The lowest BCUT2D eigenvalue weighted by atomic mass is 9.59. The van der Waals surface area contributed by atoms with E-state index in [2.05, 4.69) is 173 Å². The number of hydrogen-bond acceptors (Lipinski definition) is 3. The molecule has 296 valence electrons. The van der Waals surface area contributed by atoms with Crippen molar-refractivity contribution in [3.8, 4) is 62.0 Å². The molecular formula is C45H46B16N2O2. The van der Waals surface area contributed by atoms with Crippen LogP contribution in [-0.4, -0.2) is 145 Å². The highest BCUT2D eigenvalue weighted by Crippen LogP contribution is 2.46. The molecule has 0 aliphatic rings. The molecule has 0 saturated heterocycles. The van der Waals surface area contributed by atoms with Crippen LogP contribution in [0.2, 0.25) is 0 Å². The zero-order chi connectivity index (χ0) is 46.8. The van der Waals surface area contributed by atoms with E-state index in [9.17, 15) is 10.2 Å². The smallest absolute Gasteiger partial charge is 0.144 e. The molecule has 0 aliphatic heterocycles. The number of hydrogen-bond donors (Lipinski definition) is 2. The van der Waals surface area contributed by atoms with Gasteiger partial charge >= 0.3 is 0 Å². The molecule has 0 unspecified atom stereocenters. The number of aromatic hydroxyl groups is 2. The number of phenols is 2. The van der Waals surface area contributed by atoms with Gasteiger partial charge in [0.2, 0.25) is 0 Å². The van der Waals surface area contributed by atoms with E-state index in [-0.39, 0.29) is 11.5 Å². The molecule has 8 aromatic carbocycles. The minimum atomic E-state index is 0.120. The van der Waals surface area contributed by atoms with Gasteiger partial charge in [-0.1, -0.05) is 97.7 Å². The summed E-state index contributed by atoms with van der Waals surface area (Å²) in [6.45, 7) is 0. The van der Waals surface area contributed by atoms with E-state index in [4.69, 9.17) is 4.98 Å².